The van der Waals surface area contributed by atoms with E-state index in [0.29, 0.717) is 0 Å². The first-order valence-corrected chi connectivity index (χ1v) is 6.23. The highest BCUT2D eigenvalue weighted by Crippen LogP contribution is 2.16. The Morgan fingerprint density at radius 2 is 1.79 bits per heavy atom. The third-order valence-corrected chi connectivity index (χ3v) is 3.56. The fourth-order valence-electron chi connectivity index (χ4n) is 2.30. The average molecular weight is 273 g/mol. The summed E-state index contributed by atoms with van der Waals surface area (Å²) < 4.78 is 4.41. The molecule has 3 aromatic rings. The van der Waals surface area contributed by atoms with Gasteiger partial charge in [0.2, 0.25) is 0 Å². The van der Waals surface area contributed by atoms with Crippen molar-refractivity contribution in [1.82, 2.24) is 4.57 Å². The zero-order chi connectivity index (χ0) is 12.5. The number of rotatable bonds is 2. The van der Waals surface area contributed by atoms with Gasteiger partial charge in [0, 0.05) is 6.92 Å². The lowest BCUT2D eigenvalue weighted by Crippen LogP contribution is -3.00. The number of fused-ring (bicyclic) bond motifs is 1. The Morgan fingerprint density at radius 3 is 2.47 bits per heavy atom. The molecule has 0 bridgehead atoms. The van der Waals surface area contributed by atoms with Crippen LogP contribution in [0.25, 0.3) is 10.8 Å². The van der Waals surface area contributed by atoms with Crippen molar-refractivity contribution in [3.8, 4) is 0 Å². The first-order chi connectivity index (χ1) is 8.74. The number of aromatic nitrogens is 2. The monoisotopic (exact) mass is 272 g/mol. The number of hydrogen-bond donors (Lipinski definition) is 0. The predicted octanol–water partition coefficient (Wildman–Crippen LogP) is -0.173. The lowest BCUT2D eigenvalue weighted by molar-refractivity contribution is -0.677. The van der Waals surface area contributed by atoms with Crippen LogP contribution in [0.1, 0.15) is 11.4 Å². The van der Waals surface area contributed by atoms with E-state index in [2.05, 4.69) is 78.0 Å². The molecule has 3 rings (SSSR count). The highest BCUT2D eigenvalue weighted by atomic mass is 35.5. The van der Waals surface area contributed by atoms with E-state index in [1.807, 2.05) is 0 Å². The molecule has 0 atom stereocenters. The molecule has 2 nitrogen and oxygen atoms in total. The summed E-state index contributed by atoms with van der Waals surface area (Å²) in [7, 11) is 2.08. The van der Waals surface area contributed by atoms with Gasteiger partial charge in [0.25, 0.3) is 5.82 Å². The summed E-state index contributed by atoms with van der Waals surface area (Å²) in [5, 5.41) is 2.61. The van der Waals surface area contributed by atoms with E-state index >= 15 is 0 Å². The summed E-state index contributed by atoms with van der Waals surface area (Å²) in [5.74, 6) is 1.27. The molecule has 0 amide bonds. The minimum atomic E-state index is 0. The molecule has 0 fully saturated rings. The topological polar surface area (TPSA) is 8.81 Å². The maximum absolute atomic E-state index is 2.27. The Balaban J connectivity index is 0.00000133. The van der Waals surface area contributed by atoms with Gasteiger partial charge in [-0.1, -0.05) is 36.4 Å². The minimum Gasteiger partial charge on any atom is -1.00 e. The standard InChI is InChI=1S/C16H17N2.ClH/c1-13-17(2)9-10-18(13)12-14-7-8-15-5-3-4-6-16(15)11-14;/h3-11H,12H2,1-2H3;1H/q+1;/p-1. The summed E-state index contributed by atoms with van der Waals surface area (Å²) in [6, 6.07) is 15.2. The van der Waals surface area contributed by atoms with Crippen LogP contribution in [-0.4, -0.2) is 4.57 Å². The molecular weight excluding hydrogens is 256 g/mol. The molecule has 98 valence electrons. The number of benzene rings is 2. The van der Waals surface area contributed by atoms with Crippen LogP contribution in [0, 0.1) is 6.92 Å². The predicted molar refractivity (Wildman–Crippen MR) is 73.4 cm³/mol. The quantitative estimate of drug-likeness (QED) is 0.573. The lowest BCUT2D eigenvalue weighted by Gasteiger charge is -2.03. The average Bonchev–Trinajstić information content (AvgIpc) is 2.71. The molecular formula is C16H17ClN2. The van der Waals surface area contributed by atoms with Gasteiger partial charge in [-0.2, -0.15) is 0 Å². The Kier molecular flexibility index (Phi) is 3.91. The molecule has 0 N–H and O–H groups in total. The Morgan fingerprint density at radius 1 is 1.05 bits per heavy atom. The van der Waals surface area contributed by atoms with Crippen LogP contribution in [0.2, 0.25) is 0 Å². The van der Waals surface area contributed by atoms with Gasteiger partial charge in [-0.25, -0.2) is 9.13 Å². The molecule has 1 heterocycles. The van der Waals surface area contributed by atoms with Gasteiger partial charge >= 0.3 is 0 Å². The van der Waals surface area contributed by atoms with E-state index in [-0.39, 0.29) is 12.4 Å². The molecule has 0 radical (unpaired) electrons. The molecule has 0 saturated heterocycles. The van der Waals surface area contributed by atoms with Crippen LogP contribution in [-0.2, 0) is 13.6 Å². The van der Waals surface area contributed by atoms with Gasteiger partial charge in [-0.05, 0) is 22.4 Å². The Bertz CT molecular complexity index is 701. The maximum atomic E-state index is 2.27. The molecule has 0 saturated carbocycles. The summed E-state index contributed by atoms with van der Waals surface area (Å²) >= 11 is 0. The lowest BCUT2D eigenvalue weighted by atomic mass is 10.1. The second-order valence-corrected chi connectivity index (χ2v) is 4.77. The fraction of sp³-hybridized carbons (Fsp3) is 0.188. The van der Waals surface area contributed by atoms with Crippen LogP contribution in [0.5, 0.6) is 0 Å². The molecule has 2 aromatic carbocycles. The normalized spacial score (nSPS) is 10.4. The van der Waals surface area contributed by atoms with Gasteiger partial charge in [0.1, 0.15) is 18.9 Å². The molecule has 0 aliphatic carbocycles. The highest BCUT2D eigenvalue weighted by molar-refractivity contribution is 5.82. The van der Waals surface area contributed by atoms with Crippen molar-refractivity contribution < 1.29 is 17.0 Å². The van der Waals surface area contributed by atoms with Crippen molar-refractivity contribution in [2.24, 2.45) is 7.05 Å². The van der Waals surface area contributed by atoms with Crippen molar-refractivity contribution in [3.05, 3.63) is 66.2 Å². The van der Waals surface area contributed by atoms with Gasteiger partial charge < -0.3 is 12.4 Å². The Labute approximate surface area is 119 Å². The van der Waals surface area contributed by atoms with Gasteiger partial charge in [-0.3, -0.25) is 0 Å². The minimum absolute atomic E-state index is 0. The highest BCUT2D eigenvalue weighted by Gasteiger charge is 2.09. The smallest absolute Gasteiger partial charge is 0.253 e. The number of nitrogens with zero attached hydrogens (tertiary/aromatic N) is 2. The Hall–Kier alpha value is -1.80. The summed E-state index contributed by atoms with van der Waals surface area (Å²) in [6.45, 7) is 3.07. The zero-order valence-electron chi connectivity index (χ0n) is 11.2. The number of hydrogen-bond acceptors (Lipinski definition) is 0. The number of aryl methyl sites for hydroxylation is 1. The van der Waals surface area contributed by atoms with Crippen molar-refractivity contribution in [2.75, 3.05) is 0 Å². The van der Waals surface area contributed by atoms with Gasteiger partial charge in [-0.15, -0.1) is 0 Å². The molecule has 3 heteroatoms. The molecule has 0 aliphatic rings. The van der Waals surface area contributed by atoms with Crippen LogP contribution in [0.4, 0.5) is 0 Å². The van der Waals surface area contributed by atoms with Crippen LogP contribution >= 0.6 is 0 Å². The van der Waals surface area contributed by atoms with Crippen LogP contribution in [0.3, 0.4) is 0 Å². The van der Waals surface area contributed by atoms with Gasteiger partial charge in [0.15, 0.2) is 0 Å². The fourth-order valence-corrected chi connectivity index (χ4v) is 2.30. The van der Waals surface area contributed by atoms with E-state index < -0.39 is 0 Å². The van der Waals surface area contributed by atoms with Gasteiger partial charge in [0.05, 0.1) is 7.05 Å². The van der Waals surface area contributed by atoms with E-state index in [1.54, 1.807) is 0 Å². The van der Waals surface area contributed by atoms with Crippen LogP contribution < -0.4 is 17.0 Å². The van der Waals surface area contributed by atoms with Crippen molar-refractivity contribution in [2.45, 2.75) is 13.5 Å². The van der Waals surface area contributed by atoms with Crippen LogP contribution in [0.15, 0.2) is 54.9 Å². The number of halogens is 1. The first-order valence-electron chi connectivity index (χ1n) is 6.23. The largest absolute Gasteiger partial charge is 1.00 e. The SMILES string of the molecule is Cc1n(Cc2ccc3ccccc3c2)cc[n+]1C.[Cl-]. The zero-order valence-corrected chi connectivity index (χ0v) is 11.9. The third-order valence-electron chi connectivity index (χ3n) is 3.56. The van der Waals surface area contributed by atoms with E-state index in [1.165, 1.54) is 22.2 Å². The van der Waals surface area contributed by atoms with Crippen molar-refractivity contribution in [3.63, 3.8) is 0 Å². The van der Waals surface area contributed by atoms with E-state index in [9.17, 15) is 0 Å². The summed E-state index contributed by atoms with van der Waals surface area (Å²) in [6.07, 6.45) is 4.22. The summed E-state index contributed by atoms with van der Waals surface area (Å²) in [5.41, 5.74) is 1.34. The molecule has 0 spiro atoms. The molecule has 19 heavy (non-hydrogen) atoms. The van der Waals surface area contributed by atoms with E-state index in [0.717, 1.165) is 6.54 Å². The van der Waals surface area contributed by atoms with Crippen molar-refractivity contribution in [1.29, 1.82) is 0 Å². The molecule has 0 aliphatic heterocycles. The first kappa shape index (κ1) is 13.6. The third kappa shape index (κ3) is 2.64. The number of imidazole rings is 1. The maximum Gasteiger partial charge on any atom is 0.253 e. The second kappa shape index (κ2) is 5.45. The summed E-state index contributed by atoms with van der Waals surface area (Å²) in [4.78, 5) is 0. The second-order valence-electron chi connectivity index (χ2n) is 4.77. The van der Waals surface area contributed by atoms with E-state index in [4.69, 9.17) is 0 Å². The molecule has 1 aromatic heterocycles. The van der Waals surface area contributed by atoms with Crippen molar-refractivity contribution >= 4 is 10.8 Å². The molecule has 0 unspecified atom stereocenters.